The molecule has 0 radical (unpaired) electrons. The first-order valence-corrected chi connectivity index (χ1v) is 6.19. The Morgan fingerprint density at radius 1 is 1.11 bits per heavy atom. The SMILES string of the molecule is Cc1cc(NCc2cc(C)c(F)c(C)c2)ncc1N. The molecule has 0 atom stereocenters. The van der Waals surface area contributed by atoms with Gasteiger partial charge in [0, 0.05) is 6.54 Å². The first-order valence-electron chi connectivity index (χ1n) is 6.19. The van der Waals surface area contributed by atoms with Gasteiger partial charge in [-0.25, -0.2) is 9.37 Å². The lowest BCUT2D eigenvalue weighted by Gasteiger charge is -2.10. The van der Waals surface area contributed by atoms with Crippen molar-refractivity contribution >= 4 is 11.5 Å². The molecule has 0 amide bonds. The zero-order valence-electron chi connectivity index (χ0n) is 11.4. The number of halogens is 1. The van der Waals surface area contributed by atoms with E-state index in [1.807, 2.05) is 25.1 Å². The molecule has 0 fully saturated rings. The minimum absolute atomic E-state index is 0.134. The Kier molecular flexibility index (Phi) is 3.69. The van der Waals surface area contributed by atoms with Crippen molar-refractivity contribution in [2.75, 3.05) is 11.1 Å². The van der Waals surface area contributed by atoms with Crippen molar-refractivity contribution in [2.24, 2.45) is 0 Å². The van der Waals surface area contributed by atoms with Crippen LogP contribution in [0.15, 0.2) is 24.4 Å². The number of anilines is 2. The van der Waals surface area contributed by atoms with Crippen LogP contribution in [0.25, 0.3) is 0 Å². The van der Waals surface area contributed by atoms with Gasteiger partial charge in [-0.2, -0.15) is 0 Å². The Hall–Kier alpha value is -2.10. The van der Waals surface area contributed by atoms with Gasteiger partial charge < -0.3 is 11.1 Å². The molecule has 0 saturated carbocycles. The number of rotatable bonds is 3. The fourth-order valence-corrected chi connectivity index (χ4v) is 1.99. The van der Waals surface area contributed by atoms with Crippen molar-refractivity contribution in [3.05, 3.63) is 52.5 Å². The summed E-state index contributed by atoms with van der Waals surface area (Å²) in [6.07, 6.45) is 1.64. The summed E-state index contributed by atoms with van der Waals surface area (Å²) in [5.41, 5.74) is 9.75. The van der Waals surface area contributed by atoms with E-state index in [4.69, 9.17) is 5.73 Å². The molecular weight excluding hydrogens is 241 g/mol. The van der Waals surface area contributed by atoms with Crippen LogP contribution in [0.3, 0.4) is 0 Å². The van der Waals surface area contributed by atoms with Crippen LogP contribution in [0, 0.1) is 26.6 Å². The summed E-state index contributed by atoms with van der Waals surface area (Å²) >= 11 is 0. The zero-order chi connectivity index (χ0) is 14.0. The molecule has 0 bridgehead atoms. The molecule has 0 unspecified atom stereocenters. The number of nitrogens with one attached hydrogen (secondary N) is 1. The van der Waals surface area contributed by atoms with Gasteiger partial charge in [0.05, 0.1) is 11.9 Å². The molecule has 0 saturated heterocycles. The van der Waals surface area contributed by atoms with E-state index >= 15 is 0 Å². The Morgan fingerprint density at radius 2 is 1.74 bits per heavy atom. The fraction of sp³-hybridized carbons (Fsp3) is 0.267. The zero-order valence-corrected chi connectivity index (χ0v) is 11.4. The number of hydrogen-bond donors (Lipinski definition) is 2. The van der Waals surface area contributed by atoms with Gasteiger partial charge in [-0.3, -0.25) is 0 Å². The lowest BCUT2D eigenvalue weighted by molar-refractivity contribution is 0.608. The molecule has 19 heavy (non-hydrogen) atoms. The highest BCUT2D eigenvalue weighted by molar-refractivity contribution is 5.51. The van der Waals surface area contributed by atoms with Crippen molar-refractivity contribution in [1.29, 1.82) is 0 Å². The number of aromatic nitrogens is 1. The van der Waals surface area contributed by atoms with Gasteiger partial charge in [0.25, 0.3) is 0 Å². The van der Waals surface area contributed by atoms with E-state index in [-0.39, 0.29) is 5.82 Å². The number of pyridine rings is 1. The van der Waals surface area contributed by atoms with Gasteiger partial charge in [0.2, 0.25) is 0 Å². The third-order valence-corrected chi connectivity index (χ3v) is 3.12. The standard InChI is InChI=1S/C15H18FN3/c1-9-6-14(19-8-13(9)17)18-7-12-4-10(2)15(16)11(3)5-12/h4-6,8H,7,17H2,1-3H3,(H,18,19). The minimum Gasteiger partial charge on any atom is -0.397 e. The Labute approximate surface area is 112 Å². The van der Waals surface area contributed by atoms with Crippen molar-refractivity contribution < 1.29 is 4.39 Å². The van der Waals surface area contributed by atoms with E-state index in [1.165, 1.54) is 0 Å². The van der Waals surface area contributed by atoms with E-state index < -0.39 is 0 Å². The highest BCUT2D eigenvalue weighted by Crippen LogP contribution is 2.17. The predicted octanol–water partition coefficient (Wildman–Crippen LogP) is 3.34. The summed E-state index contributed by atoms with van der Waals surface area (Å²) in [5.74, 6) is 0.636. The Balaban J connectivity index is 2.12. The summed E-state index contributed by atoms with van der Waals surface area (Å²) in [7, 11) is 0. The quantitative estimate of drug-likeness (QED) is 0.888. The van der Waals surface area contributed by atoms with E-state index in [1.54, 1.807) is 20.0 Å². The van der Waals surface area contributed by atoms with E-state index in [9.17, 15) is 4.39 Å². The summed E-state index contributed by atoms with van der Waals surface area (Å²) < 4.78 is 13.5. The maximum atomic E-state index is 13.5. The lowest BCUT2D eigenvalue weighted by Crippen LogP contribution is -2.04. The molecule has 4 heteroatoms. The van der Waals surface area contributed by atoms with Crippen LogP contribution in [0.4, 0.5) is 15.9 Å². The molecule has 0 aliphatic heterocycles. The molecule has 3 nitrogen and oxygen atoms in total. The van der Waals surface area contributed by atoms with Crippen LogP contribution < -0.4 is 11.1 Å². The average molecular weight is 259 g/mol. The maximum absolute atomic E-state index is 13.5. The van der Waals surface area contributed by atoms with Crippen molar-refractivity contribution in [1.82, 2.24) is 4.98 Å². The molecule has 2 rings (SSSR count). The van der Waals surface area contributed by atoms with E-state index in [0.717, 1.165) is 16.9 Å². The maximum Gasteiger partial charge on any atom is 0.129 e. The van der Waals surface area contributed by atoms with Crippen LogP contribution in [0.2, 0.25) is 0 Å². The number of nitrogens with zero attached hydrogens (tertiary/aromatic N) is 1. The summed E-state index contributed by atoms with van der Waals surface area (Å²) in [5, 5.41) is 3.21. The molecule has 100 valence electrons. The Bertz CT molecular complexity index is 585. The molecule has 0 aliphatic rings. The molecule has 1 heterocycles. The van der Waals surface area contributed by atoms with Crippen molar-refractivity contribution in [3.63, 3.8) is 0 Å². The first-order chi connectivity index (χ1) is 8.97. The van der Waals surface area contributed by atoms with Gasteiger partial charge in [0.15, 0.2) is 0 Å². The van der Waals surface area contributed by atoms with Crippen LogP contribution >= 0.6 is 0 Å². The third-order valence-electron chi connectivity index (χ3n) is 3.12. The van der Waals surface area contributed by atoms with Crippen molar-refractivity contribution in [3.8, 4) is 0 Å². The van der Waals surface area contributed by atoms with E-state index in [2.05, 4.69) is 10.3 Å². The highest BCUT2D eigenvalue weighted by atomic mass is 19.1. The lowest BCUT2D eigenvalue weighted by atomic mass is 10.1. The third kappa shape index (κ3) is 3.02. The summed E-state index contributed by atoms with van der Waals surface area (Å²) in [6.45, 7) is 6.10. The average Bonchev–Trinajstić information content (AvgIpc) is 2.37. The second-order valence-electron chi connectivity index (χ2n) is 4.82. The topological polar surface area (TPSA) is 50.9 Å². The van der Waals surface area contributed by atoms with Gasteiger partial charge in [-0.05, 0) is 49.1 Å². The molecule has 0 spiro atoms. The normalized spacial score (nSPS) is 10.5. The molecule has 1 aromatic heterocycles. The van der Waals surface area contributed by atoms with Crippen LogP contribution in [-0.4, -0.2) is 4.98 Å². The number of nitrogens with two attached hydrogens (primary N) is 1. The van der Waals surface area contributed by atoms with Crippen LogP contribution in [0.1, 0.15) is 22.3 Å². The van der Waals surface area contributed by atoms with Gasteiger partial charge >= 0.3 is 0 Å². The fourth-order valence-electron chi connectivity index (χ4n) is 1.99. The number of hydrogen-bond acceptors (Lipinski definition) is 3. The predicted molar refractivity (Wildman–Crippen MR) is 76.6 cm³/mol. The monoisotopic (exact) mass is 259 g/mol. The van der Waals surface area contributed by atoms with E-state index in [0.29, 0.717) is 23.4 Å². The molecule has 3 N–H and O–H groups in total. The minimum atomic E-state index is -0.134. The largest absolute Gasteiger partial charge is 0.397 e. The number of benzene rings is 1. The molecule has 0 aliphatic carbocycles. The summed E-state index contributed by atoms with van der Waals surface area (Å²) in [6, 6.07) is 5.59. The van der Waals surface area contributed by atoms with Gasteiger partial charge in [-0.15, -0.1) is 0 Å². The molecule has 2 aromatic rings. The second-order valence-corrected chi connectivity index (χ2v) is 4.82. The van der Waals surface area contributed by atoms with Gasteiger partial charge in [-0.1, -0.05) is 12.1 Å². The molecule has 1 aromatic carbocycles. The first kappa shape index (κ1) is 13.3. The highest BCUT2D eigenvalue weighted by Gasteiger charge is 2.04. The van der Waals surface area contributed by atoms with Crippen molar-refractivity contribution in [2.45, 2.75) is 27.3 Å². The number of aryl methyl sites for hydroxylation is 3. The van der Waals surface area contributed by atoms with Crippen LogP contribution in [-0.2, 0) is 6.54 Å². The Morgan fingerprint density at radius 3 is 2.32 bits per heavy atom. The second kappa shape index (κ2) is 5.26. The summed E-state index contributed by atoms with van der Waals surface area (Å²) in [4.78, 5) is 4.21. The van der Waals surface area contributed by atoms with Gasteiger partial charge in [0.1, 0.15) is 11.6 Å². The molecular formula is C15H18FN3. The number of nitrogen functional groups attached to an aromatic ring is 1. The van der Waals surface area contributed by atoms with Crippen LogP contribution in [0.5, 0.6) is 0 Å². The smallest absolute Gasteiger partial charge is 0.129 e.